The predicted octanol–water partition coefficient (Wildman–Crippen LogP) is 1.12. The van der Waals surface area contributed by atoms with E-state index in [-0.39, 0.29) is 4.90 Å². The van der Waals surface area contributed by atoms with Crippen molar-refractivity contribution in [1.82, 2.24) is 4.72 Å². The van der Waals surface area contributed by atoms with Gasteiger partial charge >= 0.3 is 5.97 Å². The minimum absolute atomic E-state index is 0.194. The summed E-state index contributed by atoms with van der Waals surface area (Å²) in [5.74, 6) is -1.23. The molecule has 106 valence electrons. The maximum absolute atomic E-state index is 11.5. The molecule has 0 heterocycles. The maximum atomic E-state index is 11.5. The molecule has 0 bridgehead atoms. The van der Waals surface area contributed by atoms with E-state index in [9.17, 15) is 13.2 Å². The van der Waals surface area contributed by atoms with Crippen molar-refractivity contribution in [2.75, 3.05) is 18.9 Å². The number of carbonyl (C=O) groups is 1. The van der Waals surface area contributed by atoms with Crippen molar-refractivity contribution in [3.8, 4) is 0 Å². The number of hydrogen-bond acceptors (Lipinski definition) is 4. The van der Waals surface area contributed by atoms with Crippen LogP contribution in [0.15, 0.2) is 29.2 Å². The van der Waals surface area contributed by atoms with E-state index in [0.29, 0.717) is 13.0 Å². The Morgan fingerprint density at radius 2 is 1.89 bits per heavy atom. The molecule has 0 aliphatic carbocycles. The smallest absolute Gasteiger partial charge is 0.306 e. The number of carboxylic acid groups (broad SMARTS) is 1. The Morgan fingerprint density at radius 3 is 2.37 bits per heavy atom. The number of benzene rings is 1. The molecule has 3 N–H and O–H groups in total. The highest BCUT2D eigenvalue weighted by Crippen LogP contribution is 2.14. The van der Waals surface area contributed by atoms with E-state index in [0.717, 1.165) is 5.69 Å². The molecule has 0 aliphatic heterocycles. The van der Waals surface area contributed by atoms with Crippen LogP contribution in [0.2, 0.25) is 0 Å². The Labute approximate surface area is 112 Å². The minimum Gasteiger partial charge on any atom is -0.481 e. The van der Waals surface area contributed by atoms with Crippen LogP contribution in [0.5, 0.6) is 0 Å². The first-order valence-electron chi connectivity index (χ1n) is 5.87. The summed E-state index contributed by atoms with van der Waals surface area (Å²) in [6.45, 7) is 2.16. The molecule has 1 aromatic rings. The van der Waals surface area contributed by atoms with Gasteiger partial charge in [-0.25, -0.2) is 13.1 Å². The molecule has 0 amide bonds. The Kier molecular flexibility index (Phi) is 5.31. The summed E-state index contributed by atoms with van der Waals surface area (Å²) in [5.41, 5.74) is 0.757. The lowest BCUT2D eigenvalue weighted by molar-refractivity contribution is -0.141. The molecule has 0 saturated carbocycles. The second-order valence-electron chi connectivity index (χ2n) is 4.19. The summed E-state index contributed by atoms with van der Waals surface area (Å²) in [4.78, 5) is 10.8. The largest absolute Gasteiger partial charge is 0.481 e. The highest BCUT2D eigenvalue weighted by Gasteiger charge is 2.11. The number of anilines is 1. The first-order chi connectivity index (χ1) is 8.86. The number of sulfonamides is 1. The number of nitrogens with one attached hydrogen (secondary N) is 2. The highest BCUT2D eigenvalue weighted by atomic mass is 32.2. The second kappa shape index (κ2) is 6.53. The van der Waals surface area contributed by atoms with Crippen molar-refractivity contribution in [2.24, 2.45) is 5.92 Å². The lowest BCUT2D eigenvalue weighted by Crippen LogP contribution is -2.18. The SMILES string of the molecule is CNS(=O)(=O)c1ccc(NCCC(C)C(=O)O)cc1. The zero-order chi connectivity index (χ0) is 14.5. The number of aliphatic carboxylic acids is 1. The fourth-order valence-electron chi connectivity index (χ4n) is 1.43. The minimum atomic E-state index is -3.42. The van der Waals surface area contributed by atoms with Crippen LogP contribution in [0, 0.1) is 5.92 Å². The van der Waals surface area contributed by atoms with Crippen molar-refractivity contribution >= 4 is 21.7 Å². The van der Waals surface area contributed by atoms with Crippen LogP contribution in [0.3, 0.4) is 0 Å². The van der Waals surface area contributed by atoms with E-state index in [1.165, 1.54) is 19.2 Å². The van der Waals surface area contributed by atoms with Gasteiger partial charge in [0, 0.05) is 12.2 Å². The monoisotopic (exact) mass is 286 g/mol. The van der Waals surface area contributed by atoms with Gasteiger partial charge in [0.1, 0.15) is 0 Å². The fraction of sp³-hybridized carbons (Fsp3) is 0.417. The molecular formula is C12H18N2O4S. The Bertz CT molecular complexity index is 525. The lowest BCUT2D eigenvalue weighted by Gasteiger charge is -2.09. The van der Waals surface area contributed by atoms with Gasteiger partial charge in [0.25, 0.3) is 0 Å². The van der Waals surface area contributed by atoms with E-state index in [4.69, 9.17) is 5.11 Å². The molecule has 1 aromatic carbocycles. The van der Waals surface area contributed by atoms with Crippen molar-refractivity contribution in [2.45, 2.75) is 18.2 Å². The Balaban J connectivity index is 2.56. The predicted molar refractivity (Wildman–Crippen MR) is 72.6 cm³/mol. The van der Waals surface area contributed by atoms with Crippen molar-refractivity contribution in [3.63, 3.8) is 0 Å². The van der Waals surface area contributed by atoms with Crippen LogP contribution in [0.1, 0.15) is 13.3 Å². The molecule has 0 aliphatic rings. The average Bonchev–Trinajstić information content (AvgIpc) is 2.39. The molecule has 0 radical (unpaired) electrons. The molecule has 19 heavy (non-hydrogen) atoms. The highest BCUT2D eigenvalue weighted by molar-refractivity contribution is 7.89. The molecule has 7 heteroatoms. The standard InChI is InChI=1S/C12H18N2O4S/c1-9(12(15)16)7-8-14-10-3-5-11(6-4-10)19(17,18)13-2/h3-6,9,13-14H,7-8H2,1-2H3,(H,15,16). The molecule has 1 atom stereocenters. The molecule has 0 saturated heterocycles. The third-order valence-corrected chi connectivity index (χ3v) is 4.19. The van der Waals surface area contributed by atoms with E-state index in [2.05, 4.69) is 10.0 Å². The first-order valence-corrected chi connectivity index (χ1v) is 7.35. The lowest BCUT2D eigenvalue weighted by atomic mass is 10.1. The normalized spacial score (nSPS) is 12.9. The fourth-order valence-corrected chi connectivity index (χ4v) is 2.16. The summed E-state index contributed by atoms with van der Waals surface area (Å²) >= 11 is 0. The van der Waals surface area contributed by atoms with Crippen LogP contribution in [-0.2, 0) is 14.8 Å². The van der Waals surface area contributed by atoms with Gasteiger partial charge in [-0.15, -0.1) is 0 Å². The van der Waals surface area contributed by atoms with Crippen LogP contribution >= 0.6 is 0 Å². The third-order valence-electron chi connectivity index (χ3n) is 2.76. The van der Waals surface area contributed by atoms with Crippen molar-refractivity contribution in [1.29, 1.82) is 0 Å². The molecule has 1 unspecified atom stereocenters. The van der Waals surface area contributed by atoms with Gasteiger partial charge in [0.15, 0.2) is 0 Å². The van der Waals surface area contributed by atoms with Crippen LogP contribution in [0.4, 0.5) is 5.69 Å². The van der Waals surface area contributed by atoms with Gasteiger partial charge in [-0.05, 0) is 37.7 Å². The molecule has 1 rings (SSSR count). The van der Waals surface area contributed by atoms with Crippen LogP contribution < -0.4 is 10.0 Å². The number of rotatable bonds is 7. The zero-order valence-corrected chi connectivity index (χ0v) is 11.7. The van der Waals surface area contributed by atoms with Crippen LogP contribution in [-0.4, -0.2) is 33.1 Å². The van der Waals surface area contributed by atoms with Gasteiger partial charge < -0.3 is 10.4 Å². The van der Waals surface area contributed by atoms with Gasteiger partial charge in [-0.2, -0.15) is 0 Å². The van der Waals surface area contributed by atoms with E-state index in [1.807, 2.05) is 0 Å². The molecule has 0 spiro atoms. The molecule has 6 nitrogen and oxygen atoms in total. The summed E-state index contributed by atoms with van der Waals surface area (Å²) in [5, 5.41) is 11.8. The molecule has 0 aromatic heterocycles. The van der Waals surface area contributed by atoms with Crippen molar-refractivity contribution in [3.05, 3.63) is 24.3 Å². The van der Waals surface area contributed by atoms with E-state index >= 15 is 0 Å². The summed E-state index contributed by atoms with van der Waals surface area (Å²) in [7, 11) is -2.06. The van der Waals surface area contributed by atoms with Gasteiger partial charge in [-0.3, -0.25) is 4.79 Å². The summed E-state index contributed by atoms with van der Waals surface area (Å²) in [6, 6.07) is 6.29. The second-order valence-corrected chi connectivity index (χ2v) is 6.07. The summed E-state index contributed by atoms with van der Waals surface area (Å²) < 4.78 is 25.2. The number of hydrogen-bond donors (Lipinski definition) is 3. The van der Waals surface area contributed by atoms with Crippen LogP contribution in [0.25, 0.3) is 0 Å². The number of carboxylic acids is 1. The van der Waals surface area contributed by atoms with Crippen molar-refractivity contribution < 1.29 is 18.3 Å². The summed E-state index contributed by atoms with van der Waals surface area (Å²) in [6.07, 6.45) is 0.506. The zero-order valence-electron chi connectivity index (χ0n) is 10.9. The Morgan fingerprint density at radius 1 is 1.32 bits per heavy atom. The van der Waals surface area contributed by atoms with Gasteiger partial charge in [-0.1, -0.05) is 6.92 Å². The first kappa shape index (κ1) is 15.5. The maximum Gasteiger partial charge on any atom is 0.306 e. The average molecular weight is 286 g/mol. The van der Waals surface area contributed by atoms with E-state index < -0.39 is 21.9 Å². The van der Waals surface area contributed by atoms with Gasteiger partial charge in [0.2, 0.25) is 10.0 Å². The third kappa shape index (κ3) is 4.53. The molecule has 0 fully saturated rings. The van der Waals surface area contributed by atoms with Gasteiger partial charge in [0.05, 0.1) is 10.8 Å². The molecular weight excluding hydrogens is 268 g/mol. The Hall–Kier alpha value is -1.60. The quantitative estimate of drug-likeness (QED) is 0.698. The van der Waals surface area contributed by atoms with E-state index in [1.54, 1.807) is 19.1 Å². The topological polar surface area (TPSA) is 95.5 Å².